The van der Waals surface area contributed by atoms with Crippen molar-refractivity contribution in [2.75, 3.05) is 7.11 Å². The second-order valence-electron chi connectivity index (χ2n) is 3.35. The van der Waals surface area contributed by atoms with E-state index in [1.54, 1.807) is 36.6 Å². The second kappa shape index (κ2) is 4.87. The first-order valence-corrected chi connectivity index (χ1v) is 6.08. The highest BCUT2D eigenvalue weighted by molar-refractivity contribution is 7.07. The van der Waals surface area contributed by atoms with Gasteiger partial charge in [0.1, 0.15) is 11.9 Å². The van der Waals surface area contributed by atoms with Crippen molar-refractivity contribution in [3.8, 4) is 5.75 Å². The normalized spacial score (nSPS) is 12.4. The molecular formula is C12H11ClO2S. The SMILES string of the molecule is COc1ccc(C(O)c2ccsc2)c(Cl)c1. The Kier molecular flexibility index (Phi) is 3.49. The molecule has 1 aromatic carbocycles. The third-order valence-corrected chi connectivity index (χ3v) is 3.39. The van der Waals surface area contributed by atoms with E-state index in [2.05, 4.69) is 0 Å². The molecule has 0 saturated heterocycles. The standard InChI is InChI=1S/C12H11ClO2S/c1-15-9-2-3-10(11(13)6-9)12(14)8-4-5-16-7-8/h2-7,12,14H,1H3. The van der Waals surface area contributed by atoms with Gasteiger partial charge in [-0.1, -0.05) is 17.7 Å². The van der Waals surface area contributed by atoms with E-state index in [-0.39, 0.29) is 0 Å². The highest BCUT2D eigenvalue weighted by Crippen LogP contribution is 2.31. The Labute approximate surface area is 103 Å². The van der Waals surface area contributed by atoms with Gasteiger partial charge in [-0.2, -0.15) is 11.3 Å². The van der Waals surface area contributed by atoms with Crippen LogP contribution >= 0.6 is 22.9 Å². The number of aliphatic hydroxyl groups excluding tert-OH is 1. The van der Waals surface area contributed by atoms with Gasteiger partial charge < -0.3 is 9.84 Å². The molecule has 2 nitrogen and oxygen atoms in total. The summed E-state index contributed by atoms with van der Waals surface area (Å²) in [6.07, 6.45) is -0.676. The van der Waals surface area contributed by atoms with E-state index >= 15 is 0 Å². The zero-order valence-electron chi connectivity index (χ0n) is 8.68. The van der Waals surface area contributed by atoms with Gasteiger partial charge in [0.05, 0.1) is 12.1 Å². The molecule has 84 valence electrons. The van der Waals surface area contributed by atoms with E-state index in [4.69, 9.17) is 16.3 Å². The van der Waals surface area contributed by atoms with E-state index in [1.807, 2.05) is 16.8 Å². The van der Waals surface area contributed by atoms with Gasteiger partial charge in [-0.05, 0) is 34.5 Å². The summed E-state index contributed by atoms with van der Waals surface area (Å²) in [7, 11) is 1.58. The second-order valence-corrected chi connectivity index (χ2v) is 4.53. The van der Waals surface area contributed by atoms with Gasteiger partial charge in [0, 0.05) is 5.56 Å². The molecule has 0 aliphatic carbocycles. The summed E-state index contributed by atoms with van der Waals surface area (Å²) in [4.78, 5) is 0. The monoisotopic (exact) mass is 254 g/mol. The van der Waals surface area contributed by atoms with Crippen LogP contribution in [0.2, 0.25) is 5.02 Å². The third-order valence-electron chi connectivity index (χ3n) is 2.36. The van der Waals surface area contributed by atoms with Crippen LogP contribution in [0.1, 0.15) is 17.2 Å². The number of hydrogen-bond acceptors (Lipinski definition) is 3. The fraction of sp³-hybridized carbons (Fsp3) is 0.167. The van der Waals surface area contributed by atoms with E-state index in [9.17, 15) is 5.11 Å². The van der Waals surface area contributed by atoms with Gasteiger partial charge in [0.2, 0.25) is 0 Å². The Hall–Kier alpha value is -1.03. The van der Waals surface area contributed by atoms with Gasteiger partial charge >= 0.3 is 0 Å². The van der Waals surface area contributed by atoms with Crippen molar-refractivity contribution in [3.05, 3.63) is 51.2 Å². The summed E-state index contributed by atoms with van der Waals surface area (Å²) >= 11 is 7.63. The molecule has 0 aliphatic rings. The molecule has 0 amide bonds. The number of benzene rings is 1. The van der Waals surface area contributed by atoms with Crippen LogP contribution in [-0.4, -0.2) is 12.2 Å². The zero-order chi connectivity index (χ0) is 11.5. The molecule has 1 N–H and O–H groups in total. The van der Waals surface area contributed by atoms with Crippen LogP contribution in [0, 0.1) is 0 Å². The minimum atomic E-state index is -0.676. The van der Waals surface area contributed by atoms with E-state index in [0.717, 1.165) is 5.56 Å². The fourth-order valence-corrected chi connectivity index (χ4v) is 2.42. The van der Waals surface area contributed by atoms with Crippen LogP contribution in [0.5, 0.6) is 5.75 Å². The van der Waals surface area contributed by atoms with Crippen LogP contribution in [0.15, 0.2) is 35.0 Å². The molecule has 4 heteroatoms. The Bertz CT molecular complexity index is 468. The van der Waals surface area contributed by atoms with Crippen molar-refractivity contribution in [3.63, 3.8) is 0 Å². The maximum absolute atomic E-state index is 10.1. The molecular weight excluding hydrogens is 244 g/mol. The van der Waals surface area contributed by atoms with Gasteiger partial charge in [-0.25, -0.2) is 0 Å². The molecule has 1 heterocycles. The van der Waals surface area contributed by atoms with Crippen molar-refractivity contribution in [1.82, 2.24) is 0 Å². The number of rotatable bonds is 3. The Morgan fingerprint density at radius 2 is 2.19 bits per heavy atom. The molecule has 1 atom stereocenters. The Morgan fingerprint density at radius 3 is 2.75 bits per heavy atom. The smallest absolute Gasteiger partial charge is 0.120 e. The third kappa shape index (κ3) is 2.21. The van der Waals surface area contributed by atoms with Gasteiger partial charge in [-0.15, -0.1) is 0 Å². The van der Waals surface area contributed by atoms with E-state index in [0.29, 0.717) is 16.3 Å². The number of thiophene rings is 1. The first-order valence-electron chi connectivity index (χ1n) is 4.76. The predicted molar refractivity (Wildman–Crippen MR) is 66.4 cm³/mol. The van der Waals surface area contributed by atoms with Crippen molar-refractivity contribution in [1.29, 1.82) is 0 Å². The average Bonchev–Trinajstić information content (AvgIpc) is 2.81. The number of aliphatic hydroxyl groups is 1. The minimum Gasteiger partial charge on any atom is -0.497 e. The molecule has 2 rings (SSSR count). The Balaban J connectivity index is 2.34. The zero-order valence-corrected chi connectivity index (χ0v) is 10.3. The minimum absolute atomic E-state index is 0.512. The van der Waals surface area contributed by atoms with Crippen molar-refractivity contribution >= 4 is 22.9 Å². The lowest BCUT2D eigenvalue weighted by atomic mass is 10.0. The maximum atomic E-state index is 10.1. The summed E-state index contributed by atoms with van der Waals surface area (Å²) in [6, 6.07) is 7.16. The molecule has 0 spiro atoms. The van der Waals surface area contributed by atoms with Crippen LogP contribution in [0.25, 0.3) is 0 Å². The molecule has 0 bridgehead atoms. The van der Waals surface area contributed by atoms with Crippen LogP contribution in [0.3, 0.4) is 0 Å². The lowest BCUT2D eigenvalue weighted by Crippen LogP contribution is -1.99. The van der Waals surface area contributed by atoms with Crippen LogP contribution < -0.4 is 4.74 Å². The highest BCUT2D eigenvalue weighted by atomic mass is 35.5. The molecule has 16 heavy (non-hydrogen) atoms. The number of halogens is 1. The number of methoxy groups -OCH3 is 1. The van der Waals surface area contributed by atoms with Crippen molar-refractivity contribution in [2.45, 2.75) is 6.10 Å². The van der Waals surface area contributed by atoms with Crippen molar-refractivity contribution in [2.24, 2.45) is 0 Å². The quantitative estimate of drug-likeness (QED) is 0.909. The molecule has 1 aromatic heterocycles. The molecule has 0 fully saturated rings. The lowest BCUT2D eigenvalue weighted by Gasteiger charge is -2.12. The first kappa shape index (κ1) is 11.5. The summed E-state index contributed by atoms with van der Waals surface area (Å²) in [6.45, 7) is 0. The molecule has 0 radical (unpaired) electrons. The summed E-state index contributed by atoms with van der Waals surface area (Å²) in [5.41, 5.74) is 1.55. The summed E-state index contributed by atoms with van der Waals surface area (Å²) in [5, 5.41) is 14.5. The Morgan fingerprint density at radius 1 is 1.38 bits per heavy atom. The first-order chi connectivity index (χ1) is 7.72. The predicted octanol–water partition coefficient (Wildman–Crippen LogP) is 3.49. The molecule has 2 aromatic rings. The fourth-order valence-electron chi connectivity index (χ4n) is 1.47. The number of ether oxygens (including phenoxy) is 1. The van der Waals surface area contributed by atoms with Gasteiger partial charge in [0.15, 0.2) is 0 Å². The maximum Gasteiger partial charge on any atom is 0.120 e. The lowest BCUT2D eigenvalue weighted by molar-refractivity contribution is 0.221. The summed E-state index contributed by atoms with van der Waals surface area (Å²) < 4.78 is 5.06. The van der Waals surface area contributed by atoms with E-state index in [1.165, 1.54) is 0 Å². The highest BCUT2D eigenvalue weighted by Gasteiger charge is 2.14. The topological polar surface area (TPSA) is 29.5 Å². The van der Waals surface area contributed by atoms with Crippen LogP contribution in [-0.2, 0) is 0 Å². The average molecular weight is 255 g/mol. The van der Waals surface area contributed by atoms with Crippen LogP contribution in [0.4, 0.5) is 0 Å². The molecule has 0 aliphatic heterocycles. The largest absolute Gasteiger partial charge is 0.497 e. The summed E-state index contributed by atoms with van der Waals surface area (Å²) in [5.74, 6) is 0.686. The molecule has 1 unspecified atom stereocenters. The van der Waals surface area contributed by atoms with Gasteiger partial charge in [-0.3, -0.25) is 0 Å². The van der Waals surface area contributed by atoms with Gasteiger partial charge in [0.25, 0.3) is 0 Å². The van der Waals surface area contributed by atoms with Crippen molar-refractivity contribution < 1.29 is 9.84 Å². The van der Waals surface area contributed by atoms with E-state index < -0.39 is 6.10 Å². The molecule has 0 saturated carbocycles. The number of hydrogen-bond donors (Lipinski definition) is 1.